The summed E-state index contributed by atoms with van der Waals surface area (Å²) in [4.78, 5) is 11.4. The number of hydrogen-bond acceptors (Lipinski definition) is 11. The summed E-state index contributed by atoms with van der Waals surface area (Å²) in [6, 6.07) is 0. The van der Waals surface area contributed by atoms with Gasteiger partial charge in [-0.25, -0.2) is 0 Å². The Labute approximate surface area is 338 Å². The standard InChI is InChI=1S/C9H17NO2.C9H19NO2.C8H15NO.C8H17NO.C7H14N.Re.Rf/c1-10-4-7(8(12)5-11)9(6-10)2-3-9;1-8(6-11)4-10(3)5-9(8,2)7-12;1-9-4-7(5-10)8(6-9)2-3-8;1-8(2)6-9(3)4-7(8)5-10;1-7(2)4-5-8(3)6-7;;/h7-8,11-12H,2-6H2,1H3;11-12H,4-7H2,1-3H3;7,10H,2-6H2,1H3;7,10H,4-6H2,1-3H3;4H,5-6H2,1-3H3;;/q;;;;-1;;/t;8-,9+;;;;;. The molecule has 54 heavy (non-hydrogen) atoms. The van der Waals surface area contributed by atoms with Crippen molar-refractivity contribution in [1.29, 1.82) is 0 Å². The van der Waals surface area contributed by atoms with Crippen LogP contribution in [0.3, 0.4) is 0 Å². The molecular formula is C41H82N5O6ReRf-. The first-order chi connectivity index (χ1) is 24.1. The Balaban J connectivity index is 0.000000337. The summed E-state index contributed by atoms with van der Waals surface area (Å²) in [5.74, 6) is 1.36. The van der Waals surface area contributed by atoms with Gasteiger partial charge in [-0.05, 0) is 83.7 Å². The van der Waals surface area contributed by atoms with Gasteiger partial charge in [0, 0.05) is 115 Å². The fraction of sp³-hybridized carbons (Fsp3) is 0.976. The minimum atomic E-state index is -0.502. The molecule has 7 fully saturated rings. The van der Waals surface area contributed by atoms with Gasteiger partial charge in [0.25, 0.3) is 0 Å². The predicted octanol–water partition coefficient (Wildman–Crippen LogP) is 1.66. The molecule has 7 rings (SSSR count). The van der Waals surface area contributed by atoms with Crippen LogP contribution in [0, 0.1) is 56.7 Å². The van der Waals surface area contributed by atoms with Crippen LogP contribution in [-0.2, 0) is 20.4 Å². The van der Waals surface area contributed by atoms with Crippen LogP contribution >= 0.6 is 0 Å². The molecule has 2 aliphatic carbocycles. The van der Waals surface area contributed by atoms with Gasteiger partial charge in [-0.1, -0.05) is 41.5 Å². The first-order valence-electron chi connectivity index (χ1n) is 20.1. The average Bonchev–Trinajstić information content (AvgIpc) is 3.85. The van der Waals surface area contributed by atoms with Gasteiger partial charge in [0.2, 0.25) is 0 Å². The predicted molar refractivity (Wildman–Crippen MR) is 211 cm³/mol. The first-order valence-corrected chi connectivity index (χ1v) is 20.1. The van der Waals surface area contributed by atoms with Crippen LogP contribution in [0.4, 0.5) is 0 Å². The van der Waals surface area contributed by atoms with E-state index in [9.17, 15) is 15.3 Å². The molecule has 0 aromatic carbocycles. The third kappa shape index (κ3) is 12.9. The first kappa shape index (κ1) is 51.2. The van der Waals surface area contributed by atoms with Crippen molar-refractivity contribution in [3.63, 3.8) is 0 Å². The van der Waals surface area contributed by atoms with Crippen LogP contribution in [0.2, 0.25) is 0 Å². The van der Waals surface area contributed by atoms with E-state index >= 15 is 0 Å². The van der Waals surface area contributed by atoms with E-state index in [1.807, 2.05) is 20.9 Å². The Morgan fingerprint density at radius 1 is 0.574 bits per heavy atom. The molecule has 317 valence electrons. The zero-order chi connectivity index (χ0) is 39.3. The second kappa shape index (κ2) is 20.3. The Kier molecular flexibility index (Phi) is 19.2. The summed E-state index contributed by atoms with van der Waals surface area (Å²) in [5, 5.41) is 55.0. The molecule has 0 aromatic heterocycles. The fourth-order valence-electron chi connectivity index (χ4n) is 10.0. The number of hydrogen-bond donors (Lipinski definition) is 6. The quantitative estimate of drug-likeness (QED) is 0.217. The zero-order valence-electron chi connectivity index (χ0n) is 36.3. The van der Waals surface area contributed by atoms with E-state index in [-0.39, 0.29) is 51.1 Å². The van der Waals surface area contributed by atoms with Gasteiger partial charge in [-0.3, -0.25) is 0 Å². The molecule has 0 amide bonds. The Hall–Kier alpha value is -0.778. The maximum absolute atomic E-state index is 9.57. The topological polar surface area (TPSA) is 138 Å². The third-order valence-corrected chi connectivity index (χ3v) is 14.1. The fourth-order valence-corrected chi connectivity index (χ4v) is 10.0. The molecule has 0 bridgehead atoms. The monoisotopic (exact) mass is 1190 g/mol. The Morgan fingerprint density at radius 2 is 1.02 bits per heavy atom. The number of rotatable bonds is 6. The number of nitrogens with zero attached hydrogens (tertiary/aromatic N) is 5. The molecular weight excluding hydrogens is 1110 g/mol. The van der Waals surface area contributed by atoms with Gasteiger partial charge in [0.1, 0.15) is 0 Å². The molecule has 5 aliphatic heterocycles. The molecule has 6 atom stereocenters. The van der Waals surface area contributed by atoms with Crippen LogP contribution in [0.25, 0.3) is 0 Å². The second-order valence-electron chi connectivity index (χ2n) is 20.4. The Bertz CT molecular complexity index is 1060. The third-order valence-electron chi connectivity index (χ3n) is 14.1. The number of aliphatic hydroxyl groups is 6. The summed E-state index contributed by atoms with van der Waals surface area (Å²) < 4.78 is 0. The Morgan fingerprint density at radius 3 is 1.31 bits per heavy atom. The van der Waals surface area contributed by atoms with Crippen molar-refractivity contribution in [3.05, 3.63) is 6.42 Å². The van der Waals surface area contributed by atoms with E-state index in [1.165, 1.54) is 38.8 Å². The molecule has 5 saturated heterocycles. The van der Waals surface area contributed by atoms with Gasteiger partial charge < -0.3 is 61.6 Å². The molecule has 5 heterocycles. The maximum atomic E-state index is 9.57. The SMILES string of the molecule is CN1CC(C(O)CO)C2(CC2)C1.CN1CC(CO)C(C)(C)C1.CN1CC(CO)C2(CC2)C1.CN1C[C@](C)(CO)[C@](C)(CO)C1.CN1C[CH-]C(C)(C)C1.[Re].[Rf]. The van der Waals surface area contributed by atoms with Crippen molar-refractivity contribution in [3.8, 4) is 0 Å². The maximum Gasteiger partial charge on any atom is 0.0817 e. The average molecular weight is 1190 g/mol. The van der Waals surface area contributed by atoms with Gasteiger partial charge >= 0.3 is 0 Å². The van der Waals surface area contributed by atoms with Crippen molar-refractivity contribution in [1.82, 2.24) is 24.5 Å². The van der Waals surface area contributed by atoms with Gasteiger partial charge in [-0.2, -0.15) is 0 Å². The number of aliphatic hydroxyl groups excluding tert-OH is 6. The van der Waals surface area contributed by atoms with E-state index in [0.29, 0.717) is 52.6 Å². The van der Waals surface area contributed by atoms with Crippen molar-refractivity contribution in [2.24, 2.45) is 50.2 Å². The van der Waals surface area contributed by atoms with Crippen LogP contribution < -0.4 is 0 Å². The molecule has 13 heteroatoms. The largest absolute Gasteiger partial charge is 0.396 e. The summed E-state index contributed by atoms with van der Waals surface area (Å²) >= 11 is 0. The summed E-state index contributed by atoms with van der Waals surface area (Å²) in [6.45, 7) is 24.6. The molecule has 2 spiro atoms. The smallest absolute Gasteiger partial charge is 0.0817 e. The minimum Gasteiger partial charge on any atom is -0.396 e. The van der Waals surface area contributed by atoms with E-state index in [2.05, 4.69) is 86.8 Å². The second-order valence-corrected chi connectivity index (χ2v) is 20.4. The number of likely N-dealkylation sites (tertiary alicyclic amines) is 5. The van der Waals surface area contributed by atoms with Gasteiger partial charge in [-0.15, -0.1) is 12.0 Å². The van der Waals surface area contributed by atoms with Crippen LogP contribution in [0.15, 0.2) is 0 Å². The van der Waals surface area contributed by atoms with E-state index < -0.39 is 6.10 Å². The zero-order valence-corrected chi connectivity index (χ0v) is 45.4. The molecule has 0 aromatic rings. The van der Waals surface area contributed by atoms with Gasteiger partial charge in [0.05, 0.1) is 25.9 Å². The van der Waals surface area contributed by atoms with Crippen LogP contribution in [-0.4, -0.2) is 195 Å². The summed E-state index contributed by atoms with van der Waals surface area (Å²) in [7, 11) is 10.5. The van der Waals surface area contributed by atoms with E-state index in [4.69, 9.17) is 15.3 Å². The van der Waals surface area contributed by atoms with Gasteiger partial charge in [0.15, 0.2) is 0 Å². The molecule has 2 saturated carbocycles. The molecule has 7 aliphatic rings. The van der Waals surface area contributed by atoms with Crippen molar-refractivity contribution in [2.75, 3.05) is 134 Å². The van der Waals surface area contributed by atoms with Crippen molar-refractivity contribution < 1.29 is 51.1 Å². The molecule has 1 radical (unpaired) electrons. The minimum absolute atomic E-state index is 0. The van der Waals surface area contributed by atoms with Crippen molar-refractivity contribution >= 4 is 0 Å². The molecule has 6 N–H and O–H groups in total. The van der Waals surface area contributed by atoms with E-state index in [1.54, 1.807) is 0 Å². The molecule has 11 nitrogen and oxygen atoms in total. The summed E-state index contributed by atoms with van der Waals surface area (Å²) in [5.41, 5.74) is 1.39. The van der Waals surface area contributed by atoms with Crippen LogP contribution in [0.1, 0.15) is 67.2 Å². The summed E-state index contributed by atoms with van der Waals surface area (Å²) in [6.07, 6.45) is 7.04. The normalized spacial score (nSPS) is 34.9. The molecule has 4 unspecified atom stereocenters. The van der Waals surface area contributed by atoms with Crippen LogP contribution in [0.5, 0.6) is 0 Å². The van der Waals surface area contributed by atoms with E-state index in [0.717, 1.165) is 52.4 Å². The van der Waals surface area contributed by atoms with Crippen molar-refractivity contribution in [2.45, 2.75) is 73.3 Å².